The van der Waals surface area contributed by atoms with E-state index in [2.05, 4.69) is 51.3 Å². The number of para-hydroxylation sites is 1. The standard InChI is InChI=1S/C20H29N5/c1-15-9-11-25(12-10-15)20(21-2)22-14-16-13-19(24(3)4)23-18-8-6-5-7-17(16)18/h5-8,13,15H,9-12,14H2,1-4H3,(H,21,22). The molecule has 0 unspecified atom stereocenters. The Morgan fingerprint density at radius 2 is 2.00 bits per heavy atom. The van der Waals surface area contributed by atoms with Crippen LogP contribution in [0.3, 0.4) is 0 Å². The zero-order chi connectivity index (χ0) is 17.8. The van der Waals surface area contributed by atoms with E-state index in [-0.39, 0.29) is 0 Å². The van der Waals surface area contributed by atoms with Crippen molar-refractivity contribution in [3.63, 3.8) is 0 Å². The fourth-order valence-corrected chi connectivity index (χ4v) is 3.33. The summed E-state index contributed by atoms with van der Waals surface area (Å²) in [7, 11) is 5.93. The van der Waals surface area contributed by atoms with E-state index < -0.39 is 0 Å². The molecule has 1 aromatic carbocycles. The molecule has 1 fully saturated rings. The van der Waals surface area contributed by atoms with Crippen LogP contribution in [-0.2, 0) is 6.54 Å². The highest BCUT2D eigenvalue weighted by Gasteiger charge is 2.18. The van der Waals surface area contributed by atoms with Crippen molar-refractivity contribution in [2.75, 3.05) is 39.1 Å². The number of benzene rings is 1. The fourth-order valence-electron chi connectivity index (χ4n) is 3.33. The van der Waals surface area contributed by atoms with Crippen molar-refractivity contribution in [1.29, 1.82) is 0 Å². The van der Waals surface area contributed by atoms with E-state index >= 15 is 0 Å². The quantitative estimate of drug-likeness (QED) is 0.689. The minimum absolute atomic E-state index is 0.753. The third kappa shape index (κ3) is 4.03. The minimum Gasteiger partial charge on any atom is -0.363 e. The average Bonchev–Trinajstić information content (AvgIpc) is 2.63. The number of nitrogens with one attached hydrogen (secondary N) is 1. The first kappa shape index (κ1) is 17.5. The van der Waals surface area contributed by atoms with Gasteiger partial charge in [0.05, 0.1) is 5.52 Å². The lowest BCUT2D eigenvalue weighted by atomic mass is 9.99. The Balaban J connectivity index is 1.80. The lowest BCUT2D eigenvalue weighted by Gasteiger charge is -2.33. The van der Waals surface area contributed by atoms with Gasteiger partial charge in [0.2, 0.25) is 0 Å². The number of rotatable bonds is 3. The summed E-state index contributed by atoms with van der Waals surface area (Å²) in [4.78, 5) is 13.7. The van der Waals surface area contributed by atoms with Crippen molar-refractivity contribution in [2.24, 2.45) is 10.9 Å². The van der Waals surface area contributed by atoms with Crippen LogP contribution in [0.25, 0.3) is 10.9 Å². The smallest absolute Gasteiger partial charge is 0.193 e. The SMILES string of the molecule is CN=C(NCc1cc(N(C)C)nc2ccccc12)N1CCC(C)CC1. The van der Waals surface area contributed by atoms with Gasteiger partial charge >= 0.3 is 0 Å². The third-order valence-electron chi connectivity index (χ3n) is 4.98. The zero-order valence-electron chi connectivity index (χ0n) is 15.8. The highest BCUT2D eigenvalue weighted by atomic mass is 15.3. The molecule has 0 bridgehead atoms. The second-order valence-corrected chi connectivity index (χ2v) is 7.12. The molecule has 0 saturated carbocycles. The highest BCUT2D eigenvalue weighted by Crippen LogP contribution is 2.22. The van der Waals surface area contributed by atoms with Crippen LogP contribution in [0.5, 0.6) is 0 Å². The Kier molecular flexibility index (Phi) is 5.41. The van der Waals surface area contributed by atoms with Crippen molar-refractivity contribution in [1.82, 2.24) is 15.2 Å². The second kappa shape index (κ2) is 7.72. The van der Waals surface area contributed by atoms with Gasteiger partial charge in [0.25, 0.3) is 0 Å². The maximum atomic E-state index is 4.74. The normalized spacial score (nSPS) is 16.3. The Morgan fingerprint density at radius 1 is 1.28 bits per heavy atom. The van der Waals surface area contributed by atoms with Crippen molar-refractivity contribution in [3.8, 4) is 0 Å². The van der Waals surface area contributed by atoms with Crippen LogP contribution < -0.4 is 10.2 Å². The predicted octanol–water partition coefficient (Wildman–Crippen LogP) is 3.11. The predicted molar refractivity (Wildman–Crippen MR) is 106 cm³/mol. The maximum absolute atomic E-state index is 4.74. The molecular formula is C20H29N5. The Hall–Kier alpha value is -2.30. The van der Waals surface area contributed by atoms with Gasteiger partial charge in [-0.3, -0.25) is 4.99 Å². The molecule has 0 amide bonds. The molecule has 1 aliphatic heterocycles. The number of anilines is 1. The monoisotopic (exact) mass is 339 g/mol. The molecular weight excluding hydrogens is 310 g/mol. The number of aliphatic imine (C=N–C) groups is 1. The first-order chi connectivity index (χ1) is 12.1. The second-order valence-electron chi connectivity index (χ2n) is 7.12. The first-order valence-electron chi connectivity index (χ1n) is 9.10. The Labute approximate surface area is 150 Å². The highest BCUT2D eigenvalue weighted by molar-refractivity contribution is 5.85. The topological polar surface area (TPSA) is 43.8 Å². The van der Waals surface area contributed by atoms with Crippen LogP contribution in [0.1, 0.15) is 25.3 Å². The molecule has 2 aromatic rings. The fraction of sp³-hybridized carbons (Fsp3) is 0.500. The van der Waals surface area contributed by atoms with Crippen LogP contribution in [0.2, 0.25) is 0 Å². The number of hydrogen-bond acceptors (Lipinski definition) is 3. The summed E-state index contributed by atoms with van der Waals surface area (Å²) >= 11 is 0. The minimum atomic E-state index is 0.753. The van der Waals surface area contributed by atoms with E-state index in [0.717, 1.165) is 42.8 Å². The van der Waals surface area contributed by atoms with E-state index in [9.17, 15) is 0 Å². The molecule has 1 aromatic heterocycles. The summed E-state index contributed by atoms with van der Waals surface area (Å²) in [6, 6.07) is 10.5. The Morgan fingerprint density at radius 3 is 2.68 bits per heavy atom. The lowest BCUT2D eigenvalue weighted by Crippen LogP contribution is -2.45. The van der Waals surface area contributed by atoms with Crippen molar-refractivity contribution < 1.29 is 0 Å². The molecule has 134 valence electrons. The number of fused-ring (bicyclic) bond motifs is 1. The molecule has 5 heteroatoms. The molecule has 3 rings (SSSR count). The molecule has 0 spiro atoms. The summed E-state index contributed by atoms with van der Waals surface area (Å²) in [5.41, 5.74) is 2.29. The molecule has 1 saturated heterocycles. The van der Waals surface area contributed by atoms with E-state index in [4.69, 9.17) is 4.98 Å². The molecule has 0 radical (unpaired) electrons. The van der Waals surface area contributed by atoms with Crippen LogP contribution in [-0.4, -0.2) is 50.1 Å². The van der Waals surface area contributed by atoms with Crippen molar-refractivity contribution in [3.05, 3.63) is 35.9 Å². The molecule has 5 nitrogen and oxygen atoms in total. The van der Waals surface area contributed by atoms with E-state index in [0.29, 0.717) is 0 Å². The van der Waals surface area contributed by atoms with Gasteiger partial charge in [-0.15, -0.1) is 0 Å². The van der Waals surface area contributed by atoms with Gasteiger partial charge in [-0.2, -0.15) is 0 Å². The summed E-state index contributed by atoms with van der Waals surface area (Å²) in [6.45, 7) is 5.25. The number of likely N-dealkylation sites (tertiary alicyclic amines) is 1. The number of hydrogen-bond donors (Lipinski definition) is 1. The van der Waals surface area contributed by atoms with Gasteiger partial charge in [-0.1, -0.05) is 25.1 Å². The largest absolute Gasteiger partial charge is 0.363 e. The van der Waals surface area contributed by atoms with Gasteiger partial charge in [-0.05, 0) is 36.5 Å². The molecule has 2 heterocycles. The van der Waals surface area contributed by atoms with Gasteiger partial charge in [0.1, 0.15) is 5.82 Å². The van der Waals surface area contributed by atoms with Crippen molar-refractivity contribution in [2.45, 2.75) is 26.3 Å². The van der Waals surface area contributed by atoms with Gasteiger partial charge < -0.3 is 15.1 Å². The number of pyridine rings is 1. The molecule has 0 aliphatic carbocycles. The molecule has 0 atom stereocenters. The molecule has 1 N–H and O–H groups in total. The lowest BCUT2D eigenvalue weighted by molar-refractivity contribution is 0.273. The van der Waals surface area contributed by atoms with Crippen LogP contribution >= 0.6 is 0 Å². The summed E-state index contributed by atoms with van der Waals surface area (Å²) in [5, 5.41) is 4.76. The van der Waals surface area contributed by atoms with Crippen LogP contribution in [0, 0.1) is 5.92 Å². The van der Waals surface area contributed by atoms with E-state index in [1.165, 1.54) is 23.8 Å². The number of nitrogens with zero attached hydrogens (tertiary/aromatic N) is 4. The zero-order valence-corrected chi connectivity index (χ0v) is 15.8. The van der Waals surface area contributed by atoms with Crippen LogP contribution in [0.4, 0.5) is 5.82 Å². The summed E-state index contributed by atoms with van der Waals surface area (Å²) in [6.07, 6.45) is 2.48. The average molecular weight is 339 g/mol. The van der Waals surface area contributed by atoms with E-state index in [1.54, 1.807) is 0 Å². The summed E-state index contributed by atoms with van der Waals surface area (Å²) < 4.78 is 0. The van der Waals surface area contributed by atoms with Gasteiger partial charge in [0.15, 0.2) is 5.96 Å². The Bertz CT molecular complexity index is 745. The van der Waals surface area contributed by atoms with Crippen molar-refractivity contribution >= 4 is 22.7 Å². The molecule has 25 heavy (non-hydrogen) atoms. The van der Waals surface area contributed by atoms with Gasteiger partial charge in [-0.25, -0.2) is 4.98 Å². The third-order valence-corrected chi connectivity index (χ3v) is 4.98. The van der Waals surface area contributed by atoms with Gasteiger partial charge in [0, 0.05) is 46.2 Å². The number of piperidine rings is 1. The maximum Gasteiger partial charge on any atom is 0.193 e. The molecule has 1 aliphatic rings. The number of guanidine groups is 1. The summed E-state index contributed by atoms with van der Waals surface area (Å²) in [5.74, 6) is 2.80. The van der Waals surface area contributed by atoms with E-state index in [1.807, 2.05) is 27.2 Å². The first-order valence-corrected chi connectivity index (χ1v) is 9.10. The number of aromatic nitrogens is 1. The van der Waals surface area contributed by atoms with Crippen LogP contribution in [0.15, 0.2) is 35.3 Å².